The van der Waals surface area contributed by atoms with Crippen molar-refractivity contribution in [2.24, 2.45) is 9.98 Å². The first-order chi connectivity index (χ1) is 3.39. The van der Waals surface area contributed by atoms with Crippen LogP contribution in [0.2, 0.25) is 0 Å². The van der Waals surface area contributed by atoms with E-state index in [0.717, 1.165) is 0 Å². The van der Waals surface area contributed by atoms with Crippen molar-refractivity contribution in [3.05, 3.63) is 0 Å². The molecule has 0 aromatic heterocycles. The lowest BCUT2D eigenvalue weighted by Crippen LogP contribution is -1.95. The Morgan fingerprint density at radius 1 is 1.43 bits per heavy atom. The molecular weight excluding hydrogens is 108 g/mol. The molecule has 0 aromatic carbocycles. The van der Waals surface area contributed by atoms with Crippen LogP contribution in [0.1, 0.15) is 6.92 Å². The Kier molecular flexibility index (Phi) is 1.46. The molecule has 1 rings (SSSR count). The summed E-state index contributed by atoms with van der Waals surface area (Å²) < 4.78 is 0. The van der Waals surface area contributed by atoms with Gasteiger partial charge in [0.2, 0.25) is 0 Å². The summed E-state index contributed by atoms with van der Waals surface area (Å²) in [6.45, 7) is 1.95. The van der Waals surface area contributed by atoms with Crippen LogP contribution in [0.25, 0.3) is 0 Å². The second kappa shape index (κ2) is 2.12. The fourth-order valence-electron chi connectivity index (χ4n) is 0.312. The van der Waals surface area contributed by atoms with E-state index in [1.807, 2.05) is 6.92 Å². The highest BCUT2D eigenvalue weighted by atomic mass is 32.2. The second-order valence-corrected chi connectivity index (χ2v) is 1.97. The van der Waals surface area contributed by atoms with Crippen molar-refractivity contribution in [1.82, 2.24) is 0 Å². The van der Waals surface area contributed by atoms with Crippen molar-refractivity contribution in [3.8, 4) is 0 Å². The molecule has 1 aliphatic heterocycles. The van der Waals surface area contributed by atoms with E-state index in [-0.39, 0.29) is 6.17 Å². The Morgan fingerprint density at radius 3 is 2.29 bits per heavy atom. The first-order valence-corrected chi connectivity index (χ1v) is 3.02. The third-order valence-corrected chi connectivity index (χ3v) is 1.16. The lowest BCUT2D eigenvalue weighted by Gasteiger charge is -1.99. The van der Waals surface area contributed by atoms with Crippen LogP contribution in [0.15, 0.2) is 9.98 Å². The van der Waals surface area contributed by atoms with Crippen LogP contribution in [0, 0.1) is 0 Å². The predicted molar refractivity (Wildman–Crippen MR) is 34.0 cm³/mol. The van der Waals surface area contributed by atoms with Crippen LogP contribution < -0.4 is 0 Å². The summed E-state index contributed by atoms with van der Waals surface area (Å²) in [4.78, 5) is 7.94. The average Bonchev–Trinajstić information content (AvgIpc) is 1.69. The van der Waals surface area contributed by atoms with E-state index >= 15 is 0 Å². The normalized spacial score (nSPS) is 20.7. The van der Waals surface area contributed by atoms with E-state index in [2.05, 4.69) is 9.98 Å². The van der Waals surface area contributed by atoms with Crippen LogP contribution in [0.5, 0.6) is 0 Å². The van der Waals surface area contributed by atoms with Crippen LogP contribution >= 0.6 is 11.8 Å². The molecular formula is C4H6N2S. The maximum atomic E-state index is 3.97. The van der Waals surface area contributed by atoms with Crippen LogP contribution in [-0.4, -0.2) is 17.3 Å². The molecule has 0 spiro atoms. The van der Waals surface area contributed by atoms with E-state index in [0.29, 0.717) is 0 Å². The number of hydrogen-bond donors (Lipinski definition) is 0. The van der Waals surface area contributed by atoms with E-state index < -0.39 is 0 Å². The number of aliphatic imine (C=N–C) groups is 2. The molecule has 7 heavy (non-hydrogen) atoms. The molecule has 0 bridgehead atoms. The smallest absolute Gasteiger partial charge is 0.138 e. The third-order valence-electron chi connectivity index (χ3n) is 0.675. The largest absolute Gasteiger partial charge is 0.260 e. The van der Waals surface area contributed by atoms with Gasteiger partial charge in [-0.3, -0.25) is 9.98 Å². The maximum absolute atomic E-state index is 3.97. The first kappa shape index (κ1) is 4.84. The van der Waals surface area contributed by atoms with Gasteiger partial charge in [0.25, 0.3) is 0 Å². The van der Waals surface area contributed by atoms with Gasteiger partial charge >= 0.3 is 0 Å². The minimum atomic E-state index is 0.154. The zero-order chi connectivity index (χ0) is 5.11. The molecule has 0 unspecified atom stereocenters. The molecule has 0 aliphatic carbocycles. The first-order valence-electron chi connectivity index (χ1n) is 2.08. The molecule has 0 radical (unpaired) electrons. The molecule has 38 valence electrons. The van der Waals surface area contributed by atoms with Gasteiger partial charge in [0, 0.05) is 0 Å². The van der Waals surface area contributed by atoms with Crippen LogP contribution in [0.3, 0.4) is 0 Å². The molecule has 0 atom stereocenters. The summed E-state index contributed by atoms with van der Waals surface area (Å²) >= 11 is 1.52. The van der Waals surface area contributed by atoms with E-state index in [1.54, 1.807) is 11.1 Å². The monoisotopic (exact) mass is 114 g/mol. The number of rotatable bonds is 0. The number of hydrogen-bond acceptors (Lipinski definition) is 3. The SMILES string of the molecule is CC1N=CSC=N1. The Balaban J connectivity index is 2.49. The van der Waals surface area contributed by atoms with E-state index in [4.69, 9.17) is 0 Å². The molecule has 3 heteroatoms. The standard InChI is InChI=1S/C4H6N2S/c1-4-5-2-7-3-6-4/h2-4H,1H3. The van der Waals surface area contributed by atoms with Gasteiger partial charge in [0.05, 0.1) is 11.1 Å². The second-order valence-electron chi connectivity index (χ2n) is 1.28. The zero-order valence-corrected chi connectivity index (χ0v) is 4.85. The Labute approximate surface area is 46.7 Å². The van der Waals surface area contributed by atoms with Gasteiger partial charge in [-0.1, -0.05) is 11.8 Å². The van der Waals surface area contributed by atoms with Gasteiger partial charge < -0.3 is 0 Å². The molecule has 2 nitrogen and oxygen atoms in total. The maximum Gasteiger partial charge on any atom is 0.138 e. The fraction of sp³-hybridized carbons (Fsp3) is 0.500. The summed E-state index contributed by atoms with van der Waals surface area (Å²) in [5, 5.41) is 0. The summed E-state index contributed by atoms with van der Waals surface area (Å²) in [7, 11) is 0. The van der Waals surface area contributed by atoms with Gasteiger partial charge in [-0.15, -0.1) is 0 Å². The molecule has 0 amide bonds. The van der Waals surface area contributed by atoms with Crippen molar-refractivity contribution < 1.29 is 0 Å². The summed E-state index contributed by atoms with van der Waals surface area (Å²) in [5.74, 6) is 0. The minimum absolute atomic E-state index is 0.154. The Morgan fingerprint density at radius 2 is 2.00 bits per heavy atom. The van der Waals surface area contributed by atoms with Gasteiger partial charge in [-0.2, -0.15) is 0 Å². The topological polar surface area (TPSA) is 24.7 Å². The molecule has 0 saturated heterocycles. The zero-order valence-electron chi connectivity index (χ0n) is 4.03. The molecule has 0 saturated carbocycles. The highest BCUT2D eigenvalue weighted by Crippen LogP contribution is 2.01. The fourth-order valence-corrected chi connectivity index (χ4v) is 0.859. The highest BCUT2D eigenvalue weighted by molar-refractivity contribution is 8.23. The van der Waals surface area contributed by atoms with Crippen molar-refractivity contribution in [2.45, 2.75) is 13.1 Å². The minimum Gasteiger partial charge on any atom is -0.260 e. The van der Waals surface area contributed by atoms with Crippen molar-refractivity contribution in [2.75, 3.05) is 0 Å². The predicted octanol–water partition coefficient (Wildman–Crippen LogP) is 1.14. The molecule has 0 aromatic rings. The molecule has 1 heterocycles. The van der Waals surface area contributed by atoms with Gasteiger partial charge in [-0.25, -0.2) is 0 Å². The van der Waals surface area contributed by atoms with Crippen molar-refractivity contribution in [3.63, 3.8) is 0 Å². The van der Waals surface area contributed by atoms with Crippen molar-refractivity contribution >= 4 is 22.9 Å². The van der Waals surface area contributed by atoms with Gasteiger partial charge in [0.1, 0.15) is 6.17 Å². The summed E-state index contributed by atoms with van der Waals surface area (Å²) in [6.07, 6.45) is 0.154. The Bertz CT molecular complexity index is 96.3. The lowest BCUT2D eigenvalue weighted by molar-refractivity contribution is 0.806. The average molecular weight is 114 g/mol. The van der Waals surface area contributed by atoms with Gasteiger partial charge in [0.15, 0.2) is 0 Å². The third kappa shape index (κ3) is 1.31. The number of nitrogens with zero attached hydrogens (tertiary/aromatic N) is 2. The summed E-state index contributed by atoms with van der Waals surface area (Å²) in [6, 6.07) is 0. The number of thioether (sulfide) groups is 1. The van der Waals surface area contributed by atoms with Crippen LogP contribution in [0.4, 0.5) is 0 Å². The van der Waals surface area contributed by atoms with Gasteiger partial charge in [-0.05, 0) is 6.92 Å². The van der Waals surface area contributed by atoms with Crippen LogP contribution in [-0.2, 0) is 0 Å². The molecule has 0 N–H and O–H groups in total. The molecule has 1 aliphatic rings. The van der Waals surface area contributed by atoms with E-state index in [1.165, 1.54) is 11.8 Å². The van der Waals surface area contributed by atoms with E-state index in [9.17, 15) is 0 Å². The highest BCUT2D eigenvalue weighted by Gasteiger charge is 1.92. The lowest BCUT2D eigenvalue weighted by atomic mass is 10.6. The Hall–Kier alpha value is -0.310. The quantitative estimate of drug-likeness (QED) is 0.463. The molecule has 0 fully saturated rings. The van der Waals surface area contributed by atoms with Crippen molar-refractivity contribution in [1.29, 1.82) is 0 Å². The summed E-state index contributed by atoms with van der Waals surface area (Å²) in [5.41, 5.74) is 3.61.